The molecule has 3 heteroatoms. The van der Waals surface area contributed by atoms with Gasteiger partial charge in [0.15, 0.2) is 0 Å². The average Bonchev–Trinajstić information content (AvgIpc) is 2.55. The molecule has 1 aromatic rings. The van der Waals surface area contributed by atoms with Gasteiger partial charge in [0.2, 0.25) is 5.91 Å². The van der Waals surface area contributed by atoms with Gasteiger partial charge >= 0.3 is 0 Å². The van der Waals surface area contributed by atoms with Crippen LogP contribution in [0.4, 0.5) is 0 Å². The molecule has 0 aliphatic heterocycles. The minimum Gasteiger partial charge on any atom is -0.355 e. The van der Waals surface area contributed by atoms with Gasteiger partial charge in [-0.3, -0.25) is 4.79 Å². The van der Waals surface area contributed by atoms with Gasteiger partial charge in [0, 0.05) is 17.4 Å². The lowest BCUT2D eigenvalue weighted by atomic mass is 9.68. The number of amides is 1. The molecule has 1 amide bonds. The highest BCUT2D eigenvalue weighted by Crippen LogP contribution is 2.40. The molecule has 0 bridgehead atoms. The van der Waals surface area contributed by atoms with Crippen LogP contribution in [0.15, 0.2) is 28.7 Å². The lowest BCUT2D eigenvalue weighted by Gasteiger charge is -2.36. The Morgan fingerprint density at radius 3 is 2.50 bits per heavy atom. The lowest BCUT2D eigenvalue weighted by molar-refractivity contribution is -0.128. The number of unbranched alkanes of at least 4 members (excludes halogenated alkanes) is 2. The molecule has 1 fully saturated rings. The lowest BCUT2D eigenvalue weighted by Crippen LogP contribution is -2.46. The van der Waals surface area contributed by atoms with E-state index in [9.17, 15) is 4.79 Å². The van der Waals surface area contributed by atoms with Crippen LogP contribution < -0.4 is 5.32 Å². The number of nitrogens with one attached hydrogen (secondary N) is 1. The number of carbonyl (C=O) groups excluding carboxylic acids is 1. The van der Waals surface area contributed by atoms with E-state index in [0.717, 1.165) is 61.5 Å². The predicted octanol–water partition coefficient (Wildman–Crippen LogP) is 4.57. The molecule has 0 saturated heterocycles. The summed E-state index contributed by atoms with van der Waals surface area (Å²) in [7, 11) is 0. The summed E-state index contributed by atoms with van der Waals surface area (Å²) in [5, 5.41) is 3.15. The Labute approximate surface area is 142 Å². The zero-order valence-electron chi connectivity index (χ0n) is 13.0. The van der Waals surface area contributed by atoms with Crippen molar-refractivity contribution in [3.8, 4) is 12.3 Å². The number of terminal acetylenes is 1. The van der Waals surface area contributed by atoms with E-state index in [0.29, 0.717) is 0 Å². The third kappa shape index (κ3) is 4.14. The van der Waals surface area contributed by atoms with Crippen LogP contribution in [0.3, 0.4) is 0 Å². The van der Waals surface area contributed by atoms with E-state index in [2.05, 4.69) is 39.3 Å². The number of benzene rings is 1. The van der Waals surface area contributed by atoms with Gasteiger partial charge in [-0.15, -0.1) is 12.3 Å². The molecule has 22 heavy (non-hydrogen) atoms. The van der Waals surface area contributed by atoms with E-state index in [1.165, 1.54) is 6.42 Å². The smallest absolute Gasteiger partial charge is 0.230 e. The molecule has 0 heterocycles. The van der Waals surface area contributed by atoms with Crippen molar-refractivity contribution in [3.63, 3.8) is 0 Å². The largest absolute Gasteiger partial charge is 0.355 e. The predicted molar refractivity (Wildman–Crippen MR) is 94.6 cm³/mol. The van der Waals surface area contributed by atoms with Crippen LogP contribution in [0.2, 0.25) is 0 Å². The number of rotatable bonds is 6. The van der Waals surface area contributed by atoms with E-state index >= 15 is 0 Å². The Morgan fingerprint density at radius 2 is 1.86 bits per heavy atom. The number of hydrogen-bond donors (Lipinski definition) is 1. The number of halogens is 1. The molecule has 1 aliphatic carbocycles. The summed E-state index contributed by atoms with van der Waals surface area (Å²) in [6.45, 7) is 0.721. The van der Waals surface area contributed by atoms with Crippen LogP contribution in [-0.2, 0) is 10.2 Å². The molecule has 0 spiro atoms. The minimum atomic E-state index is -0.342. The molecule has 1 saturated carbocycles. The van der Waals surface area contributed by atoms with E-state index in [-0.39, 0.29) is 11.3 Å². The van der Waals surface area contributed by atoms with Gasteiger partial charge in [-0.1, -0.05) is 47.3 Å². The first-order valence-electron chi connectivity index (χ1n) is 8.17. The highest BCUT2D eigenvalue weighted by atomic mass is 79.9. The third-order valence-corrected chi connectivity index (χ3v) is 5.10. The van der Waals surface area contributed by atoms with Crippen molar-refractivity contribution < 1.29 is 4.79 Å². The maximum atomic E-state index is 12.9. The maximum absolute atomic E-state index is 12.9. The number of hydrogen-bond acceptors (Lipinski definition) is 1. The maximum Gasteiger partial charge on any atom is 0.230 e. The minimum absolute atomic E-state index is 0.190. The van der Waals surface area contributed by atoms with E-state index < -0.39 is 0 Å². The standard InChI is InChI=1S/C19H24BrNO/c1-2-3-4-8-15-21-18(22)19(13-6-5-7-14-19)16-9-11-17(20)12-10-16/h1,9-12H,3-8,13-15H2,(H,21,22). The third-order valence-electron chi connectivity index (χ3n) is 4.57. The van der Waals surface area contributed by atoms with Crippen LogP contribution in [0.1, 0.15) is 56.9 Å². The second kappa shape index (κ2) is 8.39. The van der Waals surface area contributed by atoms with Gasteiger partial charge < -0.3 is 5.32 Å². The second-order valence-electron chi connectivity index (χ2n) is 6.07. The highest BCUT2D eigenvalue weighted by Gasteiger charge is 2.40. The van der Waals surface area contributed by atoms with Gasteiger partial charge in [-0.05, 0) is 43.4 Å². The Bertz CT molecular complexity index is 523. The molecule has 0 unspecified atom stereocenters. The molecular weight excluding hydrogens is 338 g/mol. The second-order valence-corrected chi connectivity index (χ2v) is 6.98. The van der Waals surface area contributed by atoms with Crippen LogP contribution in [0.25, 0.3) is 0 Å². The Balaban J connectivity index is 2.06. The van der Waals surface area contributed by atoms with Gasteiger partial charge in [0.05, 0.1) is 5.41 Å². The van der Waals surface area contributed by atoms with E-state index in [1.807, 2.05) is 12.1 Å². The first kappa shape index (κ1) is 17.1. The monoisotopic (exact) mass is 361 g/mol. The molecule has 0 radical (unpaired) electrons. The van der Waals surface area contributed by atoms with Gasteiger partial charge in [-0.25, -0.2) is 0 Å². The zero-order valence-corrected chi connectivity index (χ0v) is 14.6. The highest BCUT2D eigenvalue weighted by molar-refractivity contribution is 9.10. The molecule has 1 aromatic carbocycles. The first-order chi connectivity index (χ1) is 10.7. The Morgan fingerprint density at radius 1 is 1.18 bits per heavy atom. The molecule has 1 aliphatic rings. The summed E-state index contributed by atoms with van der Waals surface area (Å²) < 4.78 is 1.05. The summed E-state index contributed by atoms with van der Waals surface area (Å²) in [4.78, 5) is 12.9. The normalized spacial score (nSPS) is 16.7. The topological polar surface area (TPSA) is 29.1 Å². The zero-order chi connectivity index (χ0) is 15.8. The summed E-state index contributed by atoms with van der Waals surface area (Å²) >= 11 is 3.47. The first-order valence-corrected chi connectivity index (χ1v) is 8.96. The van der Waals surface area contributed by atoms with Gasteiger partial charge in [-0.2, -0.15) is 0 Å². The SMILES string of the molecule is C#CCCCCNC(=O)C1(c2ccc(Br)cc2)CCCCC1. The van der Waals surface area contributed by atoms with Gasteiger partial charge in [0.25, 0.3) is 0 Å². The van der Waals surface area contributed by atoms with Crippen LogP contribution in [0.5, 0.6) is 0 Å². The Hall–Kier alpha value is -1.27. The number of carbonyl (C=O) groups is 1. The van der Waals surface area contributed by atoms with Crippen molar-refractivity contribution in [2.45, 2.75) is 56.8 Å². The van der Waals surface area contributed by atoms with Crippen molar-refractivity contribution in [1.82, 2.24) is 5.32 Å². The fraction of sp³-hybridized carbons (Fsp3) is 0.526. The summed E-state index contributed by atoms with van der Waals surface area (Å²) in [6, 6.07) is 8.25. The molecule has 0 atom stereocenters. The fourth-order valence-corrected chi connectivity index (χ4v) is 3.56. The van der Waals surface area contributed by atoms with Crippen molar-refractivity contribution in [2.75, 3.05) is 6.54 Å². The van der Waals surface area contributed by atoms with Crippen molar-refractivity contribution in [2.24, 2.45) is 0 Å². The molecule has 2 rings (SSSR count). The molecule has 0 aromatic heterocycles. The average molecular weight is 362 g/mol. The van der Waals surface area contributed by atoms with Crippen LogP contribution >= 0.6 is 15.9 Å². The summed E-state index contributed by atoms with van der Waals surface area (Å²) in [6.07, 6.45) is 13.3. The van der Waals surface area contributed by atoms with Crippen molar-refractivity contribution >= 4 is 21.8 Å². The van der Waals surface area contributed by atoms with Crippen molar-refractivity contribution in [3.05, 3.63) is 34.3 Å². The molecule has 1 N–H and O–H groups in total. The summed E-state index contributed by atoms with van der Waals surface area (Å²) in [5.41, 5.74) is 0.807. The van der Waals surface area contributed by atoms with E-state index in [1.54, 1.807) is 0 Å². The molecule has 118 valence electrons. The quantitative estimate of drug-likeness (QED) is 0.583. The van der Waals surface area contributed by atoms with Crippen LogP contribution in [0, 0.1) is 12.3 Å². The van der Waals surface area contributed by atoms with Crippen molar-refractivity contribution in [1.29, 1.82) is 0 Å². The fourth-order valence-electron chi connectivity index (χ4n) is 3.29. The molecule has 2 nitrogen and oxygen atoms in total. The summed E-state index contributed by atoms with van der Waals surface area (Å²) in [5.74, 6) is 2.83. The molecular formula is C19H24BrNO. The van der Waals surface area contributed by atoms with Gasteiger partial charge in [0.1, 0.15) is 0 Å². The van der Waals surface area contributed by atoms with Crippen LogP contribution in [-0.4, -0.2) is 12.5 Å². The van der Waals surface area contributed by atoms with E-state index in [4.69, 9.17) is 6.42 Å². The Kier molecular flexibility index (Phi) is 6.51.